The number of rotatable bonds is 2. The Morgan fingerprint density at radius 1 is 1.24 bits per heavy atom. The van der Waals surface area contributed by atoms with Crippen molar-refractivity contribution >= 4 is 23.2 Å². The minimum absolute atomic E-state index is 0.145. The lowest BCUT2D eigenvalue weighted by atomic mass is 10.1. The molecule has 5 heteroatoms. The van der Waals surface area contributed by atoms with E-state index in [1.165, 1.54) is 6.20 Å². The monoisotopic (exact) mass is 270 g/mol. The molecule has 0 atom stereocenters. The molecule has 0 fully saturated rings. The van der Waals surface area contributed by atoms with Crippen LogP contribution >= 0.6 is 23.2 Å². The molecule has 1 heterocycles. The highest BCUT2D eigenvalue weighted by Crippen LogP contribution is 2.24. The molecule has 0 unspecified atom stereocenters. The average molecular weight is 271 g/mol. The lowest BCUT2D eigenvalue weighted by Crippen LogP contribution is -1.99. The first kappa shape index (κ1) is 12.3. The van der Waals surface area contributed by atoms with Gasteiger partial charge < -0.3 is 0 Å². The van der Waals surface area contributed by atoms with Crippen LogP contribution in [0.2, 0.25) is 10.3 Å². The molecular formula is C12H9Cl2FN2. The molecular weight excluding hydrogens is 262 g/mol. The van der Waals surface area contributed by atoms with Crippen molar-refractivity contribution < 1.29 is 4.39 Å². The van der Waals surface area contributed by atoms with E-state index in [0.29, 0.717) is 28.3 Å². The SMILES string of the molecule is Cc1ccc(Cl)c(Cc2ccnc(Cl)n2)c1F. The summed E-state index contributed by atoms with van der Waals surface area (Å²) in [6.45, 7) is 1.70. The zero-order chi connectivity index (χ0) is 12.4. The van der Waals surface area contributed by atoms with Crippen LogP contribution < -0.4 is 0 Å². The molecule has 2 nitrogen and oxygen atoms in total. The third-order valence-electron chi connectivity index (χ3n) is 2.42. The molecule has 88 valence electrons. The Morgan fingerprint density at radius 3 is 2.71 bits per heavy atom. The summed E-state index contributed by atoms with van der Waals surface area (Å²) in [5, 5.41) is 0.537. The van der Waals surface area contributed by atoms with Gasteiger partial charge in [0.15, 0.2) is 0 Å². The van der Waals surface area contributed by atoms with Crippen LogP contribution in [0.15, 0.2) is 24.4 Å². The van der Waals surface area contributed by atoms with Crippen LogP contribution in [0.5, 0.6) is 0 Å². The molecule has 0 saturated heterocycles. The van der Waals surface area contributed by atoms with E-state index >= 15 is 0 Å². The molecule has 0 radical (unpaired) electrons. The topological polar surface area (TPSA) is 25.8 Å². The molecule has 2 aromatic rings. The summed E-state index contributed by atoms with van der Waals surface area (Å²) < 4.78 is 13.9. The van der Waals surface area contributed by atoms with Crippen LogP contribution in [0.1, 0.15) is 16.8 Å². The largest absolute Gasteiger partial charge is 0.227 e. The van der Waals surface area contributed by atoms with E-state index in [9.17, 15) is 4.39 Å². The minimum Gasteiger partial charge on any atom is -0.227 e. The average Bonchev–Trinajstić information content (AvgIpc) is 2.30. The van der Waals surface area contributed by atoms with Gasteiger partial charge in [-0.3, -0.25) is 0 Å². The molecule has 0 spiro atoms. The Hall–Kier alpha value is -1.19. The Labute approximate surface area is 108 Å². The van der Waals surface area contributed by atoms with Crippen molar-refractivity contribution in [3.8, 4) is 0 Å². The summed E-state index contributed by atoms with van der Waals surface area (Å²) in [7, 11) is 0. The van der Waals surface area contributed by atoms with Gasteiger partial charge in [0, 0.05) is 28.9 Å². The number of halogens is 3. The van der Waals surface area contributed by atoms with Gasteiger partial charge in [-0.2, -0.15) is 0 Å². The van der Waals surface area contributed by atoms with E-state index in [1.54, 1.807) is 25.1 Å². The number of hydrogen-bond acceptors (Lipinski definition) is 2. The van der Waals surface area contributed by atoms with Crippen LogP contribution in [0.25, 0.3) is 0 Å². The highest BCUT2D eigenvalue weighted by molar-refractivity contribution is 6.31. The van der Waals surface area contributed by atoms with E-state index < -0.39 is 0 Å². The lowest BCUT2D eigenvalue weighted by Gasteiger charge is -2.07. The van der Waals surface area contributed by atoms with Crippen LogP contribution in [0, 0.1) is 12.7 Å². The van der Waals surface area contributed by atoms with E-state index in [2.05, 4.69) is 9.97 Å². The van der Waals surface area contributed by atoms with E-state index in [4.69, 9.17) is 23.2 Å². The predicted octanol–water partition coefficient (Wildman–Crippen LogP) is 3.82. The minimum atomic E-state index is -0.299. The van der Waals surface area contributed by atoms with Crippen molar-refractivity contribution in [2.24, 2.45) is 0 Å². The van der Waals surface area contributed by atoms with E-state index in [-0.39, 0.29) is 11.1 Å². The second kappa shape index (κ2) is 4.98. The summed E-state index contributed by atoms with van der Waals surface area (Å²) >= 11 is 11.6. The predicted molar refractivity (Wildman–Crippen MR) is 66.0 cm³/mol. The number of nitrogens with zero attached hydrogens (tertiary/aromatic N) is 2. The third kappa shape index (κ3) is 2.73. The standard InChI is InChI=1S/C12H9Cl2FN2/c1-7-2-3-10(13)9(11(7)15)6-8-4-5-16-12(14)17-8/h2-5H,6H2,1H3. The first-order valence-electron chi connectivity index (χ1n) is 4.99. The Bertz CT molecular complexity index is 558. The maximum atomic E-state index is 13.9. The van der Waals surface area contributed by atoms with Gasteiger partial charge in [-0.05, 0) is 36.2 Å². The molecule has 2 rings (SSSR count). The number of benzene rings is 1. The van der Waals surface area contributed by atoms with Crippen molar-refractivity contribution in [3.05, 3.63) is 57.3 Å². The first-order chi connectivity index (χ1) is 8.08. The molecule has 0 aliphatic rings. The van der Waals surface area contributed by atoms with Crippen LogP contribution in [-0.4, -0.2) is 9.97 Å². The fourth-order valence-corrected chi connectivity index (χ4v) is 1.90. The maximum absolute atomic E-state index is 13.9. The van der Waals surface area contributed by atoms with Crippen LogP contribution in [0.3, 0.4) is 0 Å². The van der Waals surface area contributed by atoms with Gasteiger partial charge in [-0.1, -0.05) is 17.7 Å². The fourth-order valence-electron chi connectivity index (χ4n) is 1.53. The first-order valence-corrected chi connectivity index (χ1v) is 5.74. The van der Waals surface area contributed by atoms with Crippen molar-refractivity contribution in [2.75, 3.05) is 0 Å². The smallest absolute Gasteiger partial charge is 0.222 e. The van der Waals surface area contributed by atoms with Gasteiger partial charge in [-0.15, -0.1) is 0 Å². The van der Waals surface area contributed by atoms with Gasteiger partial charge in [0.1, 0.15) is 5.82 Å². The quantitative estimate of drug-likeness (QED) is 0.776. The van der Waals surface area contributed by atoms with Crippen LogP contribution in [-0.2, 0) is 6.42 Å². The van der Waals surface area contributed by atoms with E-state index in [1.807, 2.05) is 0 Å². The zero-order valence-corrected chi connectivity index (χ0v) is 10.6. The van der Waals surface area contributed by atoms with Gasteiger partial charge >= 0.3 is 0 Å². The maximum Gasteiger partial charge on any atom is 0.222 e. The second-order valence-corrected chi connectivity index (χ2v) is 4.40. The number of hydrogen-bond donors (Lipinski definition) is 0. The summed E-state index contributed by atoms with van der Waals surface area (Å²) in [5.74, 6) is -0.299. The molecule has 0 N–H and O–H groups in total. The highest BCUT2D eigenvalue weighted by Gasteiger charge is 2.11. The van der Waals surface area contributed by atoms with Gasteiger partial charge in [0.2, 0.25) is 5.28 Å². The fraction of sp³-hybridized carbons (Fsp3) is 0.167. The van der Waals surface area contributed by atoms with E-state index in [0.717, 1.165) is 0 Å². The molecule has 0 saturated carbocycles. The van der Waals surface area contributed by atoms with Gasteiger partial charge in [0.25, 0.3) is 0 Å². The summed E-state index contributed by atoms with van der Waals surface area (Å²) in [6, 6.07) is 5.01. The van der Waals surface area contributed by atoms with Gasteiger partial charge in [0.05, 0.1) is 0 Å². The molecule has 1 aromatic heterocycles. The molecule has 0 aliphatic carbocycles. The normalized spacial score (nSPS) is 10.6. The summed E-state index contributed by atoms with van der Waals surface area (Å²) in [6.07, 6.45) is 1.83. The van der Waals surface area contributed by atoms with Gasteiger partial charge in [-0.25, -0.2) is 14.4 Å². The number of aryl methyl sites for hydroxylation is 1. The highest BCUT2D eigenvalue weighted by atomic mass is 35.5. The third-order valence-corrected chi connectivity index (χ3v) is 2.96. The Balaban J connectivity index is 2.39. The van der Waals surface area contributed by atoms with Crippen molar-refractivity contribution in [1.82, 2.24) is 9.97 Å². The molecule has 17 heavy (non-hydrogen) atoms. The number of aromatic nitrogens is 2. The Kier molecular flexibility index (Phi) is 3.60. The van der Waals surface area contributed by atoms with Crippen molar-refractivity contribution in [3.63, 3.8) is 0 Å². The zero-order valence-electron chi connectivity index (χ0n) is 9.04. The second-order valence-electron chi connectivity index (χ2n) is 3.65. The lowest BCUT2D eigenvalue weighted by molar-refractivity contribution is 0.604. The van der Waals surface area contributed by atoms with Crippen molar-refractivity contribution in [2.45, 2.75) is 13.3 Å². The molecule has 0 amide bonds. The molecule has 0 aliphatic heterocycles. The Morgan fingerprint density at radius 2 is 2.00 bits per heavy atom. The summed E-state index contributed by atoms with van der Waals surface area (Å²) in [5.41, 5.74) is 1.63. The van der Waals surface area contributed by atoms with Crippen LogP contribution in [0.4, 0.5) is 4.39 Å². The molecule has 1 aromatic carbocycles. The molecule has 0 bridgehead atoms. The van der Waals surface area contributed by atoms with Crippen molar-refractivity contribution in [1.29, 1.82) is 0 Å². The summed E-state index contributed by atoms with van der Waals surface area (Å²) in [4.78, 5) is 7.78.